The fourth-order valence-corrected chi connectivity index (χ4v) is 2.83. The van der Waals surface area contributed by atoms with Gasteiger partial charge in [0.2, 0.25) is 0 Å². The third-order valence-corrected chi connectivity index (χ3v) is 3.96. The molecule has 1 saturated heterocycles. The predicted molar refractivity (Wildman–Crippen MR) is 76.8 cm³/mol. The predicted octanol–water partition coefficient (Wildman–Crippen LogP) is 4.52. The molecular weight excluding hydrogens is 303 g/mol. The number of hydrogen-bond donors (Lipinski definition) is 1. The zero-order chi connectivity index (χ0) is 15.5. The molecule has 0 saturated carbocycles. The zero-order valence-corrected chi connectivity index (χ0v) is 12.6. The number of alkyl halides is 3. The summed E-state index contributed by atoms with van der Waals surface area (Å²) in [6.45, 7) is 3.69. The molecule has 0 spiro atoms. The molecule has 0 amide bonds. The average Bonchev–Trinajstić information content (AvgIpc) is 2.93. The summed E-state index contributed by atoms with van der Waals surface area (Å²) in [5, 5.41) is 3.29. The van der Waals surface area contributed by atoms with Crippen LogP contribution in [0.15, 0.2) is 18.2 Å². The number of halogens is 4. The molecular formula is C15H19ClF3NO. The summed E-state index contributed by atoms with van der Waals surface area (Å²) in [5.41, 5.74) is -0.804. The van der Waals surface area contributed by atoms with Gasteiger partial charge in [0.15, 0.2) is 0 Å². The number of rotatable bonds is 5. The summed E-state index contributed by atoms with van der Waals surface area (Å²) in [7, 11) is 0. The van der Waals surface area contributed by atoms with Gasteiger partial charge in [0.05, 0.1) is 5.56 Å². The first-order chi connectivity index (χ1) is 9.91. The summed E-state index contributed by atoms with van der Waals surface area (Å²) in [6.07, 6.45) is -2.13. The van der Waals surface area contributed by atoms with Gasteiger partial charge in [-0.25, -0.2) is 0 Å². The maximum absolute atomic E-state index is 13.1. The van der Waals surface area contributed by atoms with Crippen molar-refractivity contribution in [3.05, 3.63) is 28.8 Å². The lowest BCUT2D eigenvalue weighted by atomic mass is 9.97. The highest BCUT2D eigenvalue weighted by atomic mass is 35.5. The minimum atomic E-state index is -4.47. The second-order valence-electron chi connectivity index (χ2n) is 5.34. The van der Waals surface area contributed by atoms with Crippen molar-refractivity contribution in [1.29, 1.82) is 0 Å². The van der Waals surface area contributed by atoms with Crippen molar-refractivity contribution in [1.82, 2.24) is 5.32 Å². The lowest BCUT2D eigenvalue weighted by Crippen LogP contribution is -2.29. The van der Waals surface area contributed by atoms with Crippen molar-refractivity contribution in [2.45, 2.75) is 38.5 Å². The van der Waals surface area contributed by atoms with Gasteiger partial charge in [-0.15, -0.1) is 0 Å². The lowest BCUT2D eigenvalue weighted by Gasteiger charge is -2.26. The molecule has 2 rings (SSSR count). The first kappa shape index (κ1) is 16.4. The topological polar surface area (TPSA) is 21.3 Å². The monoisotopic (exact) mass is 321 g/mol. The normalized spacial score (nSPS) is 20.5. The molecule has 1 aliphatic rings. The first-order valence-electron chi connectivity index (χ1n) is 7.16. The Morgan fingerprint density at radius 3 is 2.76 bits per heavy atom. The van der Waals surface area contributed by atoms with Gasteiger partial charge in [-0.05, 0) is 37.6 Å². The Kier molecular flexibility index (Phi) is 5.38. The van der Waals surface area contributed by atoms with E-state index in [1.807, 2.05) is 6.92 Å². The van der Waals surface area contributed by atoms with E-state index in [0.717, 1.165) is 38.4 Å². The number of benzene rings is 1. The molecule has 1 heterocycles. The van der Waals surface area contributed by atoms with Gasteiger partial charge in [-0.2, -0.15) is 13.2 Å². The van der Waals surface area contributed by atoms with Gasteiger partial charge in [0, 0.05) is 17.5 Å². The second-order valence-corrected chi connectivity index (χ2v) is 5.77. The molecule has 0 aromatic heterocycles. The van der Waals surface area contributed by atoms with E-state index >= 15 is 0 Å². The van der Waals surface area contributed by atoms with Crippen LogP contribution < -0.4 is 10.1 Å². The first-order valence-corrected chi connectivity index (χ1v) is 7.53. The molecule has 0 radical (unpaired) electrons. The highest BCUT2D eigenvalue weighted by Crippen LogP contribution is 2.39. The van der Waals surface area contributed by atoms with Gasteiger partial charge in [-0.3, -0.25) is 0 Å². The van der Waals surface area contributed by atoms with Gasteiger partial charge in [-0.1, -0.05) is 24.9 Å². The number of hydrogen-bond acceptors (Lipinski definition) is 2. The van der Waals surface area contributed by atoms with Crippen LogP contribution in [0.1, 0.15) is 31.7 Å². The van der Waals surface area contributed by atoms with E-state index in [-0.39, 0.29) is 22.8 Å². The summed E-state index contributed by atoms with van der Waals surface area (Å²) in [4.78, 5) is 0. The van der Waals surface area contributed by atoms with E-state index < -0.39 is 11.7 Å². The van der Waals surface area contributed by atoms with Crippen LogP contribution in [0.25, 0.3) is 0 Å². The van der Waals surface area contributed by atoms with Gasteiger partial charge in [0.25, 0.3) is 0 Å². The van der Waals surface area contributed by atoms with Crippen LogP contribution in [0.4, 0.5) is 13.2 Å². The van der Waals surface area contributed by atoms with Crippen molar-refractivity contribution in [2.75, 3.05) is 13.1 Å². The van der Waals surface area contributed by atoms with Crippen LogP contribution in [0.3, 0.4) is 0 Å². The van der Waals surface area contributed by atoms with Crippen LogP contribution in [-0.4, -0.2) is 19.2 Å². The van der Waals surface area contributed by atoms with Crippen molar-refractivity contribution >= 4 is 11.6 Å². The molecule has 0 bridgehead atoms. The Hall–Kier alpha value is -0.940. The summed E-state index contributed by atoms with van der Waals surface area (Å²) < 4.78 is 45.0. The molecule has 2 atom stereocenters. The van der Waals surface area contributed by atoms with Gasteiger partial charge in [0.1, 0.15) is 11.9 Å². The minimum absolute atomic E-state index is 0.0595. The summed E-state index contributed by atoms with van der Waals surface area (Å²) in [5.74, 6) is 0.124. The van der Waals surface area contributed by atoms with E-state index in [1.165, 1.54) is 12.1 Å². The van der Waals surface area contributed by atoms with Crippen LogP contribution in [0, 0.1) is 5.92 Å². The molecule has 0 unspecified atom stereocenters. The fraction of sp³-hybridized carbons (Fsp3) is 0.600. The van der Waals surface area contributed by atoms with E-state index in [1.54, 1.807) is 0 Å². The minimum Gasteiger partial charge on any atom is -0.489 e. The quantitative estimate of drug-likeness (QED) is 0.861. The van der Waals surface area contributed by atoms with Crippen LogP contribution in [0.2, 0.25) is 5.02 Å². The van der Waals surface area contributed by atoms with Gasteiger partial charge >= 0.3 is 6.18 Å². The Bertz CT molecular complexity index is 472. The number of nitrogens with one attached hydrogen (secondary N) is 1. The van der Waals surface area contributed by atoms with Crippen LogP contribution >= 0.6 is 11.6 Å². The SMILES string of the molecule is CCC[C@@H](Oc1ccc(Cl)cc1C(F)(F)F)[C@@H]1CCNC1. The van der Waals surface area contributed by atoms with Crippen molar-refractivity contribution in [2.24, 2.45) is 5.92 Å². The highest BCUT2D eigenvalue weighted by Gasteiger charge is 2.36. The van der Waals surface area contributed by atoms with Crippen molar-refractivity contribution in [3.63, 3.8) is 0 Å². The Balaban J connectivity index is 2.23. The molecule has 1 aliphatic heterocycles. The molecule has 6 heteroatoms. The smallest absolute Gasteiger partial charge is 0.420 e. The largest absolute Gasteiger partial charge is 0.489 e. The van der Waals surface area contributed by atoms with E-state index in [2.05, 4.69) is 5.32 Å². The van der Waals surface area contributed by atoms with E-state index in [9.17, 15) is 13.2 Å². The fourth-order valence-electron chi connectivity index (χ4n) is 2.66. The third kappa shape index (κ3) is 4.27. The van der Waals surface area contributed by atoms with Crippen LogP contribution in [0.5, 0.6) is 5.75 Å². The molecule has 1 N–H and O–H groups in total. The molecule has 1 fully saturated rings. The molecule has 2 nitrogen and oxygen atoms in total. The Morgan fingerprint density at radius 2 is 2.19 bits per heavy atom. The van der Waals surface area contributed by atoms with Crippen molar-refractivity contribution < 1.29 is 17.9 Å². The Morgan fingerprint density at radius 1 is 1.43 bits per heavy atom. The van der Waals surface area contributed by atoms with E-state index in [4.69, 9.17) is 16.3 Å². The maximum Gasteiger partial charge on any atom is 0.420 e. The summed E-state index contributed by atoms with van der Waals surface area (Å²) >= 11 is 5.68. The molecule has 21 heavy (non-hydrogen) atoms. The average molecular weight is 322 g/mol. The standard InChI is InChI=1S/C15H19ClF3NO/c1-2-3-13(10-6-7-20-9-10)21-14-5-4-11(16)8-12(14)15(17,18)19/h4-5,8,10,13,20H,2-3,6-7,9H2,1H3/t10-,13-/m1/s1. The molecule has 118 valence electrons. The lowest BCUT2D eigenvalue weighted by molar-refractivity contribution is -0.139. The summed E-state index contributed by atoms with van der Waals surface area (Å²) in [6, 6.07) is 3.67. The maximum atomic E-state index is 13.1. The molecule has 1 aromatic rings. The van der Waals surface area contributed by atoms with E-state index in [0.29, 0.717) is 0 Å². The Labute approximate surface area is 127 Å². The van der Waals surface area contributed by atoms with Gasteiger partial charge < -0.3 is 10.1 Å². The number of ether oxygens (including phenoxy) is 1. The highest BCUT2D eigenvalue weighted by molar-refractivity contribution is 6.30. The third-order valence-electron chi connectivity index (χ3n) is 3.72. The zero-order valence-electron chi connectivity index (χ0n) is 11.8. The molecule has 0 aliphatic carbocycles. The molecule has 1 aromatic carbocycles. The second kappa shape index (κ2) is 6.88. The van der Waals surface area contributed by atoms with Crippen molar-refractivity contribution in [3.8, 4) is 5.75 Å². The van der Waals surface area contributed by atoms with Crippen LogP contribution in [-0.2, 0) is 6.18 Å².